The molecule has 0 bridgehead atoms. The summed E-state index contributed by atoms with van der Waals surface area (Å²) in [5, 5.41) is 8.32. The van der Waals surface area contributed by atoms with Crippen LogP contribution in [0, 0.1) is 0 Å². The van der Waals surface area contributed by atoms with Crippen molar-refractivity contribution in [1.29, 1.82) is 0 Å². The first-order valence-electron chi connectivity index (χ1n) is 8.09. The average Bonchev–Trinajstić information content (AvgIpc) is 3.32. The maximum absolute atomic E-state index is 12.9. The van der Waals surface area contributed by atoms with Crippen molar-refractivity contribution in [3.8, 4) is 16.5 Å². The van der Waals surface area contributed by atoms with Crippen molar-refractivity contribution in [3.05, 3.63) is 41.6 Å². The quantitative estimate of drug-likeness (QED) is 0.622. The number of methoxy groups -OCH3 is 1. The number of anilines is 1. The van der Waals surface area contributed by atoms with Gasteiger partial charge in [-0.25, -0.2) is 8.42 Å². The van der Waals surface area contributed by atoms with Gasteiger partial charge in [0.2, 0.25) is 27.6 Å². The Labute approximate surface area is 166 Å². The van der Waals surface area contributed by atoms with E-state index in [0.717, 1.165) is 9.18 Å². The van der Waals surface area contributed by atoms with Gasteiger partial charge in [0, 0.05) is 14.0 Å². The number of thiophene rings is 1. The van der Waals surface area contributed by atoms with Gasteiger partial charge in [-0.1, -0.05) is 11.2 Å². The lowest BCUT2D eigenvalue weighted by Crippen LogP contribution is -2.26. The second-order valence-corrected chi connectivity index (χ2v) is 8.79. The van der Waals surface area contributed by atoms with Gasteiger partial charge in [0.05, 0.1) is 29.1 Å². The summed E-state index contributed by atoms with van der Waals surface area (Å²) in [6.07, 6.45) is 0. The second-order valence-electron chi connectivity index (χ2n) is 5.79. The highest BCUT2D eigenvalue weighted by Crippen LogP contribution is 2.29. The van der Waals surface area contributed by atoms with Crippen molar-refractivity contribution in [3.63, 3.8) is 0 Å². The average molecular weight is 422 g/mol. The smallest absolute Gasteiger partial charge is 0.243 e. The standard InChI is InChI=1S/C17H18N4O5S2/c1-11(22)18-13-9-12(6-7-14(13)25-3)28(23,24)21(2)10-16-19-17(20-26-16)15-5-4-8-27-15/h4-9H,10H2,1-3H3,(H,18,22). The summed E-state index contributed by atoms with van der Waals surface area (Å²) in [5.74, 6) is 0.598. The molecular formula is C17H18N4O5S2. The Hall–Kier alpha value is -2.76. The van der Waals surface area contributed by atoms with Gasteiger partial charge in [0.15, 0.2) is 0 Å². The molecule has 28 heavy (non-hydrogen) atoms. The molecule has 0 aliphatic heterocycles. The van der Waals surface area contributed by atoms with Gasteiger partial charge in [-0.05, 0) is 29.6 Å². The topological polar surface area (TPSA) is 115 Å². The van der Waals surface area contributed by atoms with E-state index in [1.165, 1.54) is 50.6 Å². The number of hydrogen-bond acceptors (Lipinski definition) is 8. The predicted octanol–water partition coefficient (Wildman–Crippen LogP) is 2.59. The van der Waals surface area contributed by atoms with Crippen molar-refractivity contribution in [2.24, 2.45) is 0 Å². The van der Waals surface area contributed by atoms with Gasteiger partial charge in [0.1, 0.15) is 5.75 Å². The van der Waals surface area contributed by atoms with Crippen LogP contribution in [0.1, 0.15) is 12.8 Å². The van der Waals surface area contributed by atoms with Crippen molar-refractivity contribution in [2.75, 3.05) is 19.5 Å². The molecule has 0 saturated carbocycles. The summed E-state index contributed by atoms with van der Waals surface area (Å²) in [6, 6.07) is 7.94. The zero-order valence-electron chi connectivity index (χ0n) is 15.4. The van der Waals surface area contributed by atoms with E-state index in [4.69, 9.17) is 9.26 Å². The highest BCUT2D eigenvalue weighted by molar-refractivity contribution is 7.89. The number of carbonyl (C=O) groups excluding carboxylic acids is 1. The molecule has 3 aromatic rings. The zero-order chi connectivity index (χ0) is 20.3. The molecule has 0 saturated heterocycles. The summed E-state index contributed by atoms with van der Waals surface area (Å²) < 4.78 is 37.2. The van der Waals surface area contributed by atoms with E-state index in [1.807, 2.05) is 17.5 Å². The maximum Gasteiger partial charge on any atom is 0.243 e. The van der Waals surface area contributed by atoms with E-state index in [1.54, 1.807) is 0 Å². The number of nitrogens with one attached hydrogen (secondary N) is 1. The van der Waals surface area contributed by atoms with Crippen LogP contribution in [0.5, 0.6) is 5.75 Å². The minimum atomic E-state index is -3.86. The minimum Gasteiger partial charge on any atom is -0.495 e. The van der Waals surface area contributed by atoms with Gasteiger partial charge in [-0.15, -0.1) is 11.3 Å². The first-order chi connectivity index (χ1) is 13.3. The van der Waals surface area contributed by atoms with E-state index < -0.39 is 10.0 Å². The number of hydrogen-bond donors (Lipinski definition) is 1. The van der Waals surface area contributed by atoms with Gasteiger partial charge < -0.3 is 14.6 Å². The fourth-order valence-corrected chi connectivity index (χ4v) is 4.21. The summed E-state index contributed by atoms with van der Waals surface area (Å²) in [6.45, 7) is 1.23. The molecule has 0 atom stereocenters. The highest BCUT2D eigenvalue weighted by Gasteiger charge is 2.25. The van der Waals surface area contributed by atoms with Crippen LogP contribution in [0.2, 0.25) is 0 Å². The predicted molar refractivity (Wildman–Crippen MR) is 104 cm³/mol. The van der Waals surface area contributed by atoms with Crippen molar-refractivity contribution in [2.45, 2.75) is 18.4 Å². The number of amides is 1. The van der Waals surface area contributed by atoms with E-state index >= 15 is 0 Å². The summed E-state index contributed by atoms with van der Waals surface area (Å²) in [7, 11) is -1.02. The monoisotopic (exact) mass is 422 g/mol. The Balaban J connectivity index is 1.83. The van der Waals surface area contributed by atoms with Crippen LogP contribution in [-0.4, -0.2) is 42.9 Å². The minimum absolute atomic E-state index is 0.00227. The molecular weight excluding hydrogens is 404 g/mol. The molecule has 0 fully saturated rings. The molecule has 11 heteroatoms. The molecule has 2 aromatic heterocycles. The number of ether oxygens (including phenoxy) is 1. The zero-order valence-corrected chi connectivity index (χ0v) is 17.0. The third kappa shape index (κ3) is 4.21. The second kappa shape index (κ2) is 8.09. The number of sulfonamides is 1. The van der Waals surface area contributed by atoms with Crippen molar-refractivity contribution in [1.82, 2.24) is 14.4 Å². The molecule has 148 valence electrons. The molecule has 0 unspecified atom stereocenters. The number of aromatic nitrogens is 2. The Morgan fingerprint density at radius 1 is 1.36 bits per heavy atom. The Bertz CT molecular complexity index is 1080. The summed E-state index contributed by atoms with van der Waals surface area (Å²) in [4.78, 5) is 16.4. The molecule has 9 nitrogen and oxygen atoms in total. The Morgan fingerprint density at radius 3 is 2.79 bits per heavy atom. The number of benzene rings is 1. The van der Waals surface area contributed by atoms with Gasteiger partial charge in [-0.3, -0.25) is 4.79 Å². The SMILES string of the molecule is COc1ccc(S(=O)(=O)N(C)Cc2nc(-c3cccs3)no2)cc1NC(C)=O. The van der Waals surface area contributed by atoms with Crippen LogP contribution in [0.3, 0.4) is 0 Å². The molecule has 0 aliphatic carbocycles. The van der Waals surface area contributed by atoms with Crippen LogP contribution in [0.15, 0.2) is 45.1 Å². The number of rotatable bonds is 7. The first kappa shape index (κ1) is 20.0. The molecule has 1 aromatic carbocycles. The third-order valence-corrected chi connectivity index (χ3v) is 6.42. The Morgan fingerprint density at radius 2 is 2.14 bits per heavy atom. The summed E-state index contributed by atoms with van der Waals surface area (Å²) in [5.41, 5.74) is 0.266. The lowest BCUT2D eigenvalue weighted by Gasteiger charge is -2.17. The van der Waals surface area contributed by atoms with Crippen LogP contribution >= 0.6 is 11.3 Å². The molecule has 3 rings (SSSR count). The molecule has 2 heterocycles. The first-order valence-corrected chi connectivity index (χ1v) is 10.4. The van der Waals surface area contributed by atoms with Crippen LogP contribution in [0.4, 0.5) is 5.69 Å². The van der Waals surface area contributed by atoms with E-state index in [-0.39, 0.29) is 28.9 Å². The van der Waals surface area contributed by atoms with E-state index in [2.05, 4.69) is 15.5 Å². The van der Waals surface area contributed by atoms with Crippen LogP contribution < -0.4 is 10.1 Å². The largest absolute Gasteiger partial charge is 0.495 e. The van der Waals surface area contributed by atoms with Gasteiger partial charge >= 0.3 is 0 Å². The molecule has 1 amide bonds. The molecule has 0 spiro atoms. The van der Waals surface area contributed by atoms with E-state index in [0.29, 0.717) is 11.6 Å². The summed E-state index contributed by atoms with van der Waals surface area (Å²) >= 11 is 1.46. The van der Waals surface area contributed by atoms with Crippen molar-refractivity contribution >= 4 is 33.0 Å². The Kier molecular flexibility index (Phi) is 5.77. The normalized spacial score (nSPS) is 11.6. The fourth-order valence-electron chi connectivity index (χ4n) is 2.42. The molecule has 0 radical (unpaired) electrons. The van der Waals surface area contributed by atoms with Gasteiger partial charge in [-0.2, -0.15) is 9.29 Å². The highest BCUT2D eigenvalue weighted by atomic mass is 32.2. The fraction of sp³-hybridized carbons (Fsp3) is 0.235. The van der Waals surface area contributed by atoms with Gasteiger partial charge in [0.25, 0.3) is 0 Å². The lowest BCUT2D eigenvalue weighted by atomic mass is 10.3. The maximum atomic E-state index is 12.9. The van der Waals surface area contributed by atoms with E-state index in [9.17, 15) is 13.2 Å². The molecule has 1 N–H and O–H groups in total. The van der Waals surface area contributed by atoms with Crippen LogP contribution in [0.25, 0.3) is 10.7 Å². The third-order valence-electron chi connectivity index (χ3n) is 3.76. The lowest BCUT2D eigenvalue weighted by molar-refractivity contribution is -0.114. The van der Waals surface area contributed by atoms with Crippen LogP contribution in [-0.2, 0) is 21.4 Å². The number of nitrogens with zero attached hydrogens (tertiary/aromatic N) is 3. The van der Waals surface area contributed by atoms with Crippen molar-refractivity contribution < 1.29 is 22.5 Å². The molecule has 0 aliphatic rings. The number of carbonyl (C=O) groups is 1.